The molecule has 0 aliphatic rings. The molecule has 1 aromatic carbocycles. The Balaban J connectivity index is 2.19. The third-order valence-electron chi connectivity index (χ3n) is 2.69. The lowest BCUT2D eigenvalue weighted by molar-refractivity contribution is 0.878. The minimum absolute atomic E-state index is 0.480. The molecule has 0 N–H and O–H groups in total. The summed E-state index contributed by atoms with van der Waals surface area (Å²) in [5.41, 5.74) is 2.52. The molecule has 18 heavy (non-hydrogen) atoms. The van der Waals surface area contributed by atoms with Gasteiger partial charge >= 0.3 is 0 Å². The molecule has 0 saturated heterocycles. The minimum atomic E-state index is 0.480. The van der Waals surface area contributed by atoms with Crippen LogP contribution in [0.5, 0.6) is 0 Å². The summed E-state index contributed by atoms with van der Waals surface area (Å²) < 4.78 is 0. The highest BCUT2D eigenvalue weighted by Gasteiger charge is 2.06. The van der Waals surface area contributed by atoms with Crippen LogP contribution in [-0.2, 0) is 6.54 Å². The standard InChI is InChI=1S/C14H16ClN3/c1-10-5-4-6-12(7-10)9-18(3)14-8-13(15)16-11(2)17-14/h4-8H,9H2,1-3H3. The van der Waals surface area contributed by atoms with Crippen LogP contribution in [0.15, 0.2) is 30.3 Å². The van der Waals surface area contributed by atoms with Crippen molar-refractivity contribution in [2.24, 2.45) is 0 Å². The summed E-state index contributed by atoms with van der Waals surface area (Å²) in [4.78, 5) is 10.5. The molecule has 3 nitrogen and oxygen atoms in total. The molecule has 0 unspecified atom stereocenters. The Hall–Kier alpha value is -1.61. The highest BCUT2D eigenvalue weighted by Crippen LogP contribution is 2.17. The van der Waals surface area contributed by atoms with Gasteiger partial charge in [-0.2, -0.15) is 0 Å². The molecule has 0 amide bonds. The lowest BCUT2D eigenvalue weighted by atomic mass is 10.1. The molecule has 4 heteroatoms. The summed E-state index contributed by atoms with van der Waals surface area (Å²) in [5, 5.41) is 0.480. The number of hydrogen-bond acceptors (Lipinski definition) is 3. The van der Waals surface area contributed by atoms with E-state index in [0.29, 0.717) is 11.0 Å². The van der Waals surface area contributed by atoms with Crippen LogP contribution in [0.3, 0.4) is 0 Å². The fourth-order valence-corrected chi connectivity index (χ4v) is 2.10. The fourth-order valence-electron chi connectivity index (χ4n) is 1.88. The molecule has 1 aromatic heterocycles. The molecular weight excluding hydrogens is 246 g/mol. The number of hydrogen-bond donors (Lipinski definition) is 0. The van der Waals surface area contributed by atoms with Crippen LogP contribution in [0.1, 0.15) is 17.0 Å². The Bertz CT molecular complexity index is 534. The first-order valence-corrected chi connectivity index (χ1v) is 6.20. The summed E-state index contributed by atoms with van der Waals surface area (Å²) in [6.45, 7) is 4.74. The van der Waals surface area contributed by atoms with Gasteiger partial charge in [0.05, 0.1) is 0 Å². The van der Waals surface area contributed by atoms with Crippen molar-refractivity contribution >= 4 is 17.4 Å². The molecule has 0 atom stereocenters. The van der Waals surface area contributed by atoms with Crippen LogP contribution in [0.4, 0.5) is 5.82 Å². The molecule has 0 aliphatic heterocycles. The second kappa shape index (κ2) is 5.36. The van der Waals surface area contributed by atoms with Crippen LogP contribution >= 0.6 is 11.6 Å². The van der Waals surface area contributed by atoms with Crippen molar-refractivity contribution in [3.05, 3.63) is 52.4 Å². The number of aryl methyl sites for hydroxylation is 2. The van der Waals surface area contributed by atoms with Crippen LogP contribution in [0, 0.1) is 13.8 Å². The molecule has 0 radical (unpaired) electrons. The molecule has 2 rings (SSSR count). The van der Waals surface area contributed by atoms with Crippen molar-refractivity contribution in [2.75, 3.05) is 11.9 Å². The van der Waals surface area contributed by atoms with E-state index in [-0.39, 0.29) is 0 Å². The van der Waals surface area contributed by atoms with E-state index in [4.69, 9.17) is 11.6 Å². The van der Waals surface area contributed by atoms with Crippen LogP contribution in [-0.4, -0.2) is 17.0 Å². The van der Waals surface area contributed by atoms with Gasteiger partial charge in [-0.05, 0) is 19.4 Å². The van der Waals surface area contributed by atoms with Gasteiger partial charge in [0.1, 0.15) is 16.8 Å². The lowest BCUT2D eigenvalue weighted by Crippen LogP contribution is -2.18. The maximum Gasteiger partial charge on any atom is 0.134 e. The second-order valence-electron chi connectivity index (χ2n) is 4.44. The largest absolute Gasteiger partial charge is 0.355 e. The van der Waals surface area contributed by atoms with Crippen molar-refractivity contribution < 1.29 is 0 Å². The second-order valence-corrected chi connectivity index (χ2v) is 4.83. The van der Waals surface area contributed by atoms with Crippen molar-refractivity contribution in [1.29, 1.82) is 0 Å². The molecule has 94 valence electrons. The maximum absolute atomic E-state index is 5.94. The van der Waals surface area contributed by atoms with Gasteiger partial charge < -0.3 is 4.90 Å². The van der Waals surface area contributed by atoms with Crippen LogP contribution in [0.2, 0.25) is 5.15 Å². The molecule has 2 aromatic rings. The van der Waals surface area contributed by atoms with Crippen LogP contribution < -0.4 is 4.90 Å². The quantitative estimate of drug-likeness (QED) is 0.793. The van der Waals surface area contributed by atoms with Crippen molar-refractivity contribution in [2.45, 2.75) is 20.4 Å². The number of rotatable bonds is 3. The van der Waals surface area contributed by atoms with E-state index in [1.165, 1.54) is 11.1 Å². The van der Waals surface area contributed by atoms with Gasteiger partial charge in [-0.15, -0.1) is 0 Å². The van der Waals surface area contributed by atoms with Gasteiger partial charge in [-0.3, -0.25) is 0 Å². The topological polar surface area (TPSA) is 29.0 Å². The third kappa shape index (κ3) is 3.20. The van der Waals surface area contributed by atoms with Gasteiger partial charge in [-0.1, -0.05) is 41.4 Å². The number of halogens is 1. The average molecular weight is 262 g/mol. The minimum Gasteiger partial charge on any atom is -0.355 e. The molecule has 0 fully saturated rings. The average Bonchev–Trinajstić information content (AvgIpc) is 2.27. The Kier molecular flexibility index (Phi) is 3.82. The SMILES string of the molecule is Cc1cccc(CN(C)c2cc(Cl)nc(C)n2)c1. The molecular formula is C14H16ClN3. The number of benzene rings is 1. The van der Waals surface area contributed by atoms with Gasteiger partial charge in [0.2, 0.25) is 0 Å². The van der Waals surface area contributed by atoms with Crippen molar-refractivity contribution in [1.82, 2.24) is 9.97 Å². The van der Waals surface area contributed by atoms with Gasteiger partial charge in [0.25, 0.3) is 0 Å². The van der Waals surface area contributed by atoms with E-state index in [1.54, 1.807) is 6.07 Å². The zero-order valence-corrected chi connectivity index (χ0v) is 11.6. The zero-order chi connectivity index (χ0) is 13.1. The smallest absolute Gasteiger partial charge is 0.134 e. The predicted molar refractivity (Wildman–Crippen MR) is 75.1 cm³/mol. The molecule has 0 aliphatic carbocycles. The number of nitrogens with zero attached hydrogens (tertiary/aromatic N) is 3. The molecule has 0 saturated carbocycles. The van der Waals surface area contributed by atoms with Crippen LogP contribution in [0.25, 0.3) is 0 Å². The predicted octanol–water partition coefficient (Wildman–Crippen LogP) is 3.38. The zero-order valence-electron chi connectivity index (χ0n) is 10.8. The number of anilines is 1. The normalized spacial score (nSPS) is 10.4. The Morgan fingerprint density at radius 3 is 2.61 bits per heavy atom. The summed E-state index contributed by atoms with van der Waals surface area (Å²) in [6, 6.07) is 10.2. The van der Waals surface area contributed by atoms with E-state index < -0.39 is 0 Å². The number of aromatic nitrogens is 2. The fraction of sp³-hybridized carbons (Fsp3) is 0.286. The van der Waals surface area contributed by atoms with E-state index in [1.807, 2.05) is 14.0 Å². The first-order chi connectivity index (χ1) is 8.54. The van der Waals surface area contributed by atoms with Crippen molar-refractivity contribution in [3.8, 4) is 0 Å². The van der Waals surface area contributed by atoms with Gasteiger partial charge in [0, 0.05) is 19.7 Å². The first-order valence-electron chi connectivity index (χ1n) is 5.82. The summed E-state index contributed by atoms with van der Waals surface area (Å²) in [7, 11) is 2.00. The Labute approximate surface area is 112 Å². The molecule has 1 heterocycles. The van der Waals surface area contributed by atoms with E-state index in [2.05, 4.69) is 46.1 Å². The lowest BCUT2D eigenvalue weighted by Gasteiger charge is -2.18. The van der Waals surface area contributed by atoms with E-state index in [9.17, 15) is 0 Å². The highest BCUT2D eigenvalue weighted by atomic mass is 35.5. The van der Waals surface area contributed by atoms with Crippen molar-refractivity contribution in [3.63, 3.8) is 0 Å². The first kappa shape index (κ1) is 12.8. The van der Waals surface area contributed by atoms with Gasteiger partial charge in [0.15, 0.2) is 0 Å². The molecule has 0 bridgehead atoms. The van der Waals surface area contributed by atoms with Gasteiger partial charge in [-0.25, -0.2) is 9.97 Å². The monoisotopic (exact) mass is 261 g/mol. The summed E-state index contributed by atoms with van der Waals surface area (Å²) in [6.07, 6.45) is 0. The Morgan fingerprint density at radius 1 is 1.17 bits per heavy atom. The third-order valence-corrected chi connectivity index (χ3v) is 2.88. The maximum atomic E-state index is 5.94. The molecule has 0 spiro atoms. The Morgan fingerprint density at radius 2 is 1.94 bits per heavy atom. The summed E-state index contributed by atoms with van der Waals surface area (Å²) >= 11 is 5.94. The highest BCUT2D eigenvalue weighted by molar-refractivity contribution is 6.29. The summed E-state index contributed by atoms with van der Waals surface area (Å²) in [5.74, 6) is 1.53. The van der Waals surface area contributed by atoms with E-state index in [0.717, 1.165) is 12.4 Å². The van der Waals surface area contributed by atoms with E-state index >= 15 is 0 Å².